The van der Waals surface area contributed by atoms with Crippen molar-refractivity contribution in [3.8, 4) is 0 Å². The van der Waals surface area contributed by atoms with Crippen molar-refractivity contribution in [2.24, 2.45) is 0 Å². The summed E-state index contributed by atoms with van der Waals surface area (Å²) in [5, 5.41) is 13.0. The number of nitrogens with one attached hydrogen (secondary N) is 1. The Hall–Kier alpha value is -0.840. The molecule has 0 aliphatic carbocycles. The van der Waals surface area contributed by atoms with Crippen LogP contribution in [0.15, 0.2) is 0 Å². The van der Waals surface area contributed by atoms with Crippen molar-refractivity contribution >= 4 is 19.7 Å². The molecule has 23 heavy (non-hydrogen) atoms. The molecule has 2 N–H and O–H groups in total. The molecule has 0 aromatic heterocycles. The van der Waals surface area contributed by atoms with Crippen molar-refractivity contribution in [1.82, 2.24) is 5.32 Å². The summed E-state index contributed by atoms with van der Waals surface area (Å²) < 4.78 is 17.4. The fourth-order valence-electron chi connectivity index (χ4n) is 2.59. The van der Waals surface area contributed by atoms with E-state index in [0.29, 0.717) is 25.7 Å². The predicted molar refractivity (Wildman–Crippen MR) is 88.6 cm³/mol. The molecule has 0 bridgehead atoms. The molecule has 6 nitrogen and oxygen atoms in total. The quantitative estimate of drug-likeness (QED) is 0.359. The smallest absolute Gasteiger partial charge is 0.384 e. The van der Waals surface area contributed by atoms with Crippen molar-refractivity contribution < 1.29 is 24.0 Å². The van der Waals surface area contributed by atoms with Crippen LogP contribution in [0.3, 0.4) is 0 Å². The SMILES string of the molecule is CCCCC(O)[P+](=O)C(CCCC)C(=O)OC(=O)[C@@H]1CCCN1. The Bertz CT molecular complexity index is 409. The normalized spacial score (nSPS) is 20.8. The van der Waals surface area contributed by atoms with Crippen LogP contribution < -0.4 is 5.32 Å². The van der Waals surface area contributed by atoms with Crippen LogP contribution in [0.5, 0.6) is 0 Å². The minimum atomic E-state index is -2.15. The lowest BCUT2D eigenvalue weighted by Crippen LogP contribution is -2.36. The zero-order chi connectivity index (χ0) is 17.2. The lowest BCUT2D eigenvalue weighted by atomic mass is 10.2. The molecule has 1 rings (SSSR count). The summed E-state index contributed by atoms with van der Waals surface area (Å²) in [4.78, 5) is 24.2. The maximum atomic E-state index is 12.5. The van der Waals surface area contributed by atoms with Crippen molar-refractivity contribution in [3.05, 3.63) is 0 Å². The van der Waals surface area contributed by atoms with Crippen LogP contribution in [0.4, 0.5) is 0 Å². The van der Waals surface area contributed by atoms with Gasteiger partial charge in [-0.25, -0.2) is 9.59 Å². The summed E-state index contributed by atoms with van der Waals surface area (Å²) in [5.41, 5.74) is -0.901. The Morgan fingerprint density at radius 3 is 2.48 bits per heavy atom. The van der Waals surface area contributed by atoms with Gasteiger partial charge < -0.3 is 15.2 Å². The zero-order valence-corrected chi connectivity index (χ0v) is 15.0. The summed E-state index contributed by atoms with van der Waals surface area (Å²) >= 11 is 0. The fraction of sp³-hybridized carbons (Fsp3) is 0.875. The van der Waals surface area contributed by atoms with Gasteiger partial charge in [0.15, 0.2) is 0 Å². The number of rotatable bonds is 10. The largest absolute Gasteiger partial charge is 0.389 e. The monoisotopic (exact) mass is 346 g/mol. The summed E-state index contributed by atoms with van der Waals surface area (Å²) in [7, 11) is -2.15. The van der Waals surface area contributed by atoms with E-state index in [0.717, 1.165) is 32.2 Å². The molecular weight excluding hydrogens is 317 g/mol. The number of hydrogen-bond acceptors (Lipinski definition) is 6. The third-order valence-corrected chi connectivity index (χ3v) is 6.00. The van der Waals surface area contributed by atoms with Crippen molar-refractivity contribution in [2.45, 2.75) is 82.8 Å². The van der Waals surface area contributed by atoms with Crippen LogP contribution >= 0.6 is 7.80 Å². The molecule has 1 aliphatic heterocycles. The van der Waals surface area contributed by atoms with Gasteiger partial charge in [-0.2, -0.15) is 0 Å². The summed E-state index contributed by atoms with van der Waals surface area (Å²) in [5.74, 6) is -2.37. The van der Waals surface area contributed by atoms with E-state index in [1.807, 2.05) is 13.8 Å². The molecule has 1 heterocycles. The molecule has 0 aromatic rings. The van der Waals surface area contributed by atoms with Crippen LogP contribution in [0.2, 0.25) is 0 Å². The molecule has 3 unspecified atom stereocenters. The molecule has 1 aliphatic rings. The van der Waals surface area contributed by atoms with Gasteiger partial charge in [0.1, 0.15) is 6.04 Å². The molecular formula is C16H29NO5P+. The van der Waals surface area contributed by atoms with Gasteiger partial charge in [0.05, 0.1) is 0 Å². The standard InChI is InChI=1S/C16H29NO5P/c1-3-5-9-13(23(21)14(18)10-6-4-2)16(20)22-15(19)12-8-7-11-17-12/h12-14,17-18H,3-11H2,1-2H3/q+1/t12-,13?,14?/m0/s1. The maximum Gasteiger partial charge on any atom is 0.384 e. The number of carbonyl (C=O) groups excluding carboxylic acids is 2. The van der Waals surface area contributed by atoms with E-state index in [4.69, 9.17) is 4.74 Å². The Morgan fingerprint density at radius 2 is 1.91 bits per heavy atom. The molecule has 132 valence electrons. The van der Waals surface area contributed by atoms with Crippen LogP contribution in [-0.2, 0) is 18.9 Å². The van der Waals surface area contributed by atoms with E-state index in [9.17, 15) is 19.3 Å². The first-order chi connectivity index (χ1) is 11.0. The minimum absolute atomic E-state index is 0.374. The van der Waals surface area contributed by atoms with Gasteiger partial charge in [-0.3, -0.25) is 0 Å². The van der Waals surface area contributed by atoms with Gasteiger partial charge in [0.25, 0.3) is 11.5 Å². The Morgan fingerprint density at radius 1 is 1.26 bits per heavy atom. The Labute approximate surface area is 139 Å². The van der Waals surface area contributed by atoms with Gasteiger partial charge in [0.2, 0.25) is 0 Å². The number of unbranched alkanes of at least 4 members (excludes halogenated alkanes) is 2. The molecule has 0 saturated carbocycles. The summed E-state index contributed by atoms with van der Waals surface area (Å²) in [6, 6.07) is -0.450. The fourth-order valence-corrected chi connectivity index (χ4v) is 4.14. The second kappa shape index (κ2) is 10.8. The molecule has 0 spiro atoms. The number of hydrogen-bond donors (Lipinski definition) is 2. The lowest BCUT2D eigenvalue weighted by Gasteiger charge is -2.12. The minimum Gasteiger partial charge on any atom is -0.389 e. The second-order valence-corrected chi connectivity index (χ2v) is 7.97. The van der Waals surface area contributed by atoms with Crippen LogP contribution in [0.25, 0.3) is 0 Å². The van der Waals surface area contributed by atoms with E-state index in [1.165, 1.54) is 0 Å². The van der Waals surface area contributed by atoms with Crippen molar-refractivity contribution in [3.63, 3.8) is 0 Å². The van der Waals surface area contributed by atoms with E-state index < -0.39 is 37.3 Å². The number of aliphatic hydroxyl groups is 1. The molecule has 1 saturated heterocycles. The first-order valence-corrected chi connectivity index (χ1v) is 10.0. The molecule has 0 radical (unpaired) electrons. The maximum absolute atomic E-state index is 12.5. The topological polar surface area (TPSA) is 92.7 Å². The second-order valence-electron chi connectivity index (χ2n) is 6.03. The van der Waals surface area contributed by atoms with Crippen LogP contribution in [0.1, 0.15) is 65.2 Å². The Balaban J connectivity index is 2.64. The number of ether oxygens (including phenoxy) is 1. The third-order valence-electron chi connectivity index (χ3n) is 4.07. The van der Waals surface area contributed by atoms with E-state index >= 15 is 0 Å². The summed E-state index contributed by atoms with van der Waals surface area (Å²) in [6.07, 6.45) is 5.49. The molecule has 0 amide bonds. The lowest BCUT2D eigenvalue weighted by molar-refractivity contribution is -0.160. The zero-order valence-electron chi connectivity index (χ0n) is 14.1. The van der Waals surface area contributed by atoms with E-state index in [-0.39, 0.29) is 0 Å². The highest BCUT2D eigenvalue weighted by molar-refractivity contribution is 7.47. The van der Waals surface area contributed by atoms with E-state index in [2.05, 4.69) is 5.32 Å². The first-order valence-electron chi connectivity index (χ1n) is 8.63. The highest BCUT2D eigenvalue weighted by Gasteiger charge is 2.44. The molecule has 0 aromatic carbocycles. The third kappa shape index (κ3) is 6.66. The molecule has 7 heteroatoms. The number of aliphatic hydroxyl groups excluding tert-OH is 1. The van der Waals surface area contributed by atoms with Gasteiger partial charge in [-0.15, -0.1) is 0 Å². The molecule has 4 atom stereocenters. The number of carbonyl (C=O) groups is 2. The van der Waals surface area contributed by atoms with E-state index in [1.54, 1.807) is 0 Å². The van der Waals surface area contributed by atoms with Crippen LogP contribution in [-0.4, -0.2) is 41.1 Å². The van der Waals surface area contributed by atoms with Gasteiger partial charge in [0, 0.05) is 12.8 Å². The van der Waals surface area contributed by atoms with Gasteiger partial charge >= 0.3 is 19.7 Å². The highest BCUT2D eigenvalue weighted by atomic mass is 31.1. The first kappa shape index (κ1) is 20.2. The molecule has 1 fully saturated rings. The van der Waals surface area contributed by atoms with Crippen molar-refractivity contribution in [1.29, 1.82) is 0 Å². The predicted octanol–water partition coefficient (Wildman–Crippen LogP) is 2.70. The summed E-state index contributed by atoms with van der Waals surface area (Å²) in [6.45, 7) is 4.68. The van der Waals surface area contributed by atoms with Gasteiger partial charge in [-0.1, -0.05) is 31.3 Å². The Kier molecular flexibility index (Phi) is 9.53. The average molecular weight is 346 g/mol. The highest BCUT2D eigenvalue weighted by Crippen LogP contribution is 2.39. The van der Waals surface area contributed by atoms with Gasteiger partial charge in [-0.05, 0) is 32.2 Å². The van der Waals surface area contributed by atoms with Crippen molar-refractivity contribution in [2.75, 3.05) is 6.54 Å². The van der Waals surface area contributed by atoms with Crippen LogP contribution in [0, 0.1) is 0 Å². The number of esters is 2. The average Bonchev–Trinajstić information content (AvgIpc) is 3.07.